The number of amides is 1. The highest BCUT2D eigenvalue weighted by Crippen LogP contribution is 2.46. The second kappa shape index (κ2) is 2.81. The zero-order valence-corrected chi connectivity index (χ0v) is 8.79. The normalized spacial score (nSPS) is 37.7. The lowest BCUT2D eigenvalue weighted by atomic mass is 9.73. The summed E-state index contributed by atoms with van der Waals surface area (Å²) in [4.78, 5) is 16.6. The Morgan fingerprint density at radius 2 is 2.47 bits per heavy atom. The number of allylic oxidation sites excluding steroid dienone is 2. The van der Waals surface area contributed by atoms with E-state index in [1.54, 1.807) is 0 Å². The van der Waals surface area contributed by atoms with Crippen molar-refractivity contribution in [1.29, 1.82) is 0 Å². The van der Waals surface area contributed by atoms with Gasteiger partial charge in [0.05, 0.1) is 0 Å². The fourth-order valence-corrected chi connectivity index (χ4v) is 2.97. The molecule has 3 rings (SSSR count). The van der Waals surface area contributed by atoms with Gasteiger partial charge in [-0.25, -0.2) is 0 Å². The molecule has 1 spiro atoms. The van der Waals surface area contributed by atoms with Crippen molar-refractivity contribution >= 4 is 11.7 Å². The zero-order valence-electron chi connectivity index (χ0n) is 8.79. The topological polar surface area (TPSA) is 41.5 Å². The fraction of sp³-hybridized carbons (Fsp3) is 0.500. The van der Waals surface area contributed by atoms with Crippen LogP contribution in [-0.2, 0) is 4.79 Å². The first-order valence-corrected chi connectivity index (χ1v) is 5.48. The van der Waals surface area contributed by atoms with E-state index in [9.17, 15) is 4.79 Å². The third kappa shape index (κ3) is 1.06. The molecule has 0 saturated heterocycles. The van der Waals surface area contributed by atoms with E-state index in [1.807, 2.05) is 6.92 Å². The quantitative estimate of drug-likeness (QED) is 0.595. The minimum Gasteiger partial charge on any atom is -0.311 e. The van der Waals surface area contributed by atoms with Crippen LogP contribution < -0.4 is 5.32 Å². The largest absolute Gasteiger partial charge is 0.311 e. The van der Waals surface area contributed by atoms with Crippen LogP contribution in [0.25, 0.3) is 0 Å². The number of amidine groups is 1. The van der Waals surface area contributed by atoms with E-state index in [1.165, 1.54) is 0 Å². The van der Waals surface area contributed by atoms with Crippen LogP contribution >= 0.6 is 0 Å². The summed E-state index contributed by atoms with van der Waals surface area (Å²) in [6.07, 6.45) is 9.54. The second-order valence-corrected chi connectivity index (χ2v) is 4.51. The van der Waals surface area contributed by atoms with Gasteiger partial charge in [-0.05, 0) is 32.1 Å². The molecule has 3 heteroatoms. The second-order valence-electron chi connectivity index (χ2n) is 4.51. The summed E-state index contributed by atoms with van der Waals surface area (Å²) >= 11 is 0. The first kappa shape index (κ1) is 8.89. The third-order valence-electron chi connectivity index (χ3n) is 3.60. The summed E-state index contributed by atoms with van der Waals surface area (Å²) in [7, 11) is 0. The van der Waals surface area contributed by atoms with E-state index in [0.717, 1.165) is 30.7 Å². The Morgan fingerprint density at radius 3 is 3.33 bits per heavy atom. The predicted octanol–water partition coefficient (Wildman–Crippen LogP) is 1.57. The molecule has 1 aliphatic heterocycles. The number of nitrogens with zero attached hydrogens (tertiary/aromatic N) is 1. The molecule has 15 heavy (non-hydrogen) atoms. The average Bonchev–Trinajstić information content (AvgIpc) is 2.58. The van der Waals surface area contributed by atoms with Gasteiger partial charge >= 0.3 is 0 Å². The minimum atomic E-state index is -0.315. The van der Waals surface area contributed by atoms with E-state index in [4.69, 9.17) is 0 Å². The van der Waals surface area contributed by atoms with E-state index in [-0.39, 0.29) is 11.4 Å². The lowest BCUT2D eigenvalue weighted by molar-refractivity contribution is -0.117. The highest BCUT2D eigenvalue weighted by Gasteiger charge is 2.48. The highest BCUT2D eigenvalue weighted by molar-refractivity contribution is 6.10. The van der Waals surface area contributed by atoms with Crippen molar-refractivity contribution in [2.45, 2.75) is 31.7 Å². The maximum absolute atomic E-state index is 11.9. The van der Waals surface area contributed by atoms with Gasteiger partial charge < -0.3 is 5.32 Å². The zero-order chi connectivity index (χ0) is 10.5. The van der Waals surface area contributed by atoms with E-state index in [2.05, 4.69) is 28.5 Å². The van der Waals surface area contributed by atoms with Crippen molar-refractivity contribution in [2.24, 2.45) is 10.9 Å². The lowest BCUT2D eigenvalue weighted by Crippen LogP contribution is -2.49. The first-order chi connectivity index (χ1) is 7.22. The van der Waals surface area contributed by atoms with Crippen LogP contribution in [0.5, 0.6) is 0 Å². The van der Waals surface area contributed by atoms with Crippen LogP contribution in [0.2, 0.25) is 0 Å². The van der Waals surface area contributed by atoms with Gasteiger partial charge in [-0.3, -0.25) is 9.79 Å². The first-order valence-electron chi connectivity index (χ1n) is 5.48. The molecule has 0 radical (unpaired) electrons. The smallest absolute Gasteiger partial charge is 0.254 e. The molecular weight excluding hydrogens is 188 g/mol. The molecule has 2 unspecified atom stereocenters. The average molecular weight is 202 g/mol. The van der Waals surface area contributed by atoms with Gasteiger partial charge in [0.15, 0.2) is 0 Å². The number of rotatable bonds is 0. The summed E-state index contributed by atoms with van der Waals surface area (Å²) in [5.74, 6) is 1.29. The molecule has 0 bridgehead atoms. The summed E-state index contributed by atoms with van der Waals surface area (Å²) < 4.78 is 0. The van der Waals surface area contributed by atoms with Crippen molar-refractivity contribution in [3.05, 3.63) is 23.8 Å². The Kier molecular flexibility index (Phi) is 1.67. The van der Waals surface area contributed by atoms with Gasteiger partial charge in [0.2, 0.25) is 0 Å². The van der Waals surface area contributed by atoms with Gasteiger partial charge in [0.1, 0.15) is 11.4 Å². The van der Waals surface area contributed by atoms with Crippen LogP contribution in [0.1, 0.15) is 26.2 Å². The summed E-state index contributed by atoms with van der Waals surface area (Å²) in [6, 6.07) is 0. The predicted molar refractivity (Wildman–Crippen MR) is 58.5 cm³/mol. The van der Waals surface area contributed by atoms with Gasteiger partial charge in [0.25, 0.3) is 5.91 Å². The van der Waals surface area contributed by atoms with Gasteiger partial charge in [-0.15, -0.1) is 0 Å². The Labute approximate surface area is 89.0 Å². The summed E-state index contributed by atoms with van der Waals surface area (Å²) in [6.45, 7) is 1.86. The van der Waals surface area contributed by atoms with E-state index in [0.29, 0.717) is 5.92 Å². The van der Waals surface area contributed by atoms with E-state index < -0.39 is 0 Å². The number of carbonyl (C=O) groups is 1. The molecule has 3 nitrogen and oxygen atoms in total. The van der Waals surface area contributed by atoms with Crippen LogP contribution in [0.4, 0.5) is 0 Å². The van der Waals surface area contributed by atoms with Crippen LogP contribution in [-0.4, -0.2) is 17.3 Å². The maximum Gasteiger partial charge on any atom is 0.254 e. The SMILES string of the molecule is CC1=NC23C=CCC2CCC=C3C(=O)N1. The number of hydrogen-bond acceptors (Lipinski definition) is 2. The molecule has 0 fully saturated rings. The maximum atomic E-state index is 11.9. The Morgan fingerprint density at radius 1 is 1.60 bits per heavy atom. The molecule has 0 saturated carbocycles. The Bertz CT molecular complexity index is 419. The van der Waals surface area contributed by atoms with Gasteiger partial charge in [-0.1, -0.05) is 18.2 Å². The van der Waals surface area contributed by atoms with Crippen molar-refractivity contribution in [2.75, 3.05) is 0 Å². The molecule has 1 amide bonds. The van der Waals surface area contributed by atoms with Gasteiger partial charge in [-0.2, -0.15) is 0 Å². The van der Waals surface area contributed by atoms with Crippen molar-refractivity contribution in [1.82, 2.24) is 5.32 Å². The number of hydrogen-bond donors (Lipinski definition) is 1. The number of carbonyl (C=O) groups excluding carboxylic acids is 1. The molecular formula is C12H14N2O. The van der Waals surface area contributed by atoms with E-state index >= 15 is 0 Å². The molecule has 0 aromatic heterocycles. The van der Waals surface area contributed by atoms with Crippen LogP contribution in [0.3, 0.4) is 0 Å². The molecule has 0 aromatic carbocycles. The molecule has 3 aliphatic rings. The monoisotopic (exact) mass is 202 g/mol. The fourth-order valence-electron chi connectivity index (χ4n) is 2.97. The van der Waals surface area contributed by atoms with Crippen LogP contribution in [0, 0.1) is 5.92 Å². The van der Waals surface area contributed by atoms with Crippen molar-refractivity contribution in [3.8, 4) is 0 Å². The lowest BCUT2D eigenvalue weighted by Gasteiger charge is -2.39. The molecule has 1 heterocycles. The standard InChI is InChI=1S/C12H14N2O/c1-8-13-11(15)10-6-2-4-9-5-3-7-12(9,10)14-8/h3,6-7,9H,2,4-5H2,1H3,(H,13,14,15). The van der Waals surface area contributed by atoms with Crippen molar-refractivity contribution < 1.29 is 4.79 Å². The Hall–Kier alpha value is -1.38. The number of nitrogens with one attached hydrogen (secondary N) is 1. The third-order valence-corrected chi connectivity index (χ3v) is 3.60. The molecule has 2 aliphatic carbocycles. The Balaban J connectivity index is 2.20. The molecule has 0 aromatic rings. The minimum absolute atomic E-state index is 0.0405. The van der Waals surface area contributed by atoms with Crippen LogP contribution in [0.15, 0.2) is 28.8 Å². The summed E-state index contributed by atoms with van der Waals surface area (Å²) in [5, 5.41) is 2.79. The molecule has 2 atom stereocenters. The number of aliphatic imine (C=N–C) groups is 1. The highest BCUT2D eigenvalue weighted by atomic mass is 16.2. The van der Waals surface area contributed by atoms with Crippen molar-refractivity contribution in [3.63, 3.8) is 0 Å². The van der Waals surface area contributed by atoms with Gasteiger partial charge in [0, 0.05) is 5.57 Å². The summed E-state index contributed by atoms with van der Waals surface area (Å²) in [5.41, 5.74) is 0.545. The molecule has 78 valence electrons. The molecule has 1 N–H and O–H groups in total.